The van der Waals surface area contributed by atoms with E-state index in [1.54, 1.807) is 21.3 Å². The molecule has 1 aromatic rings. The normalized spacial score (nSPS) is 12.3. The third kappa shape index (κ3) is 6.55. The molecule has 1 unspecified atom stereocenters. The predicted molar refractivity (Wildman–Crippen MR) is 103 cm³/mol. The van der Waals surface area contributed by atoms with Gasteiger partial charge in [-0.1, -0.05) is 36.9 Å². The van der Waals surface area contributed by atoms with Crippen molar-refractivity contribution >= 4 is 21.2 Å². The van der Waals surface area contributed by atoms with Crippen LogP contribution in [-0.4, -0.2) is 48.1 Å². The minimum atomic E-state index is -2.68. The van der Waals surface area contributed by atoms with Gasteiger partial charge in [-0.2, -0.15) is 0 Å². The van der Waals surface area contributed by atoms with E-state index in [4.69, 9.17) is 19.0 Å². The first-order chi connectivity index (χ1) is 11.2. The molecule has 0 spiro atoms. The third-order valence-corrected chi connectivity index (χ3v) is 7.40. The Morgan fingerprint density at radius 1 is 1.12 bits per heavy atom. The summed E-state index contributed by atoms with van der Waals surface area (Å²) in [4.78, 5) is 2.19. The molecule has 0 aromatic heterocycles. The van der Waals surface area contributed by atoms with E-state index in [1.807, 2.05) is 24.4 Å². The van der Waals surface area contributed by atoms with Gasteiger partial charge < -0.3 is 23.9 Å². The number of rotatable bonds is 12. The van der Waals surface area contributed by atoms with Gasteiger partial charge in [0, 0.05) is 40.0 Å². The molecule has 138 valence electrons. The van der Waals surface area contributed by atoms with E-state index in [2.05, 4.69) is 23.6 Å². The number of benzene rings is 1. The second-order valence-corrected chi connectivity index (χ2v) is 8.67. The number of hydrogen-bond acceptors (Lipinski definition) is 5. The third-order valence-electron chi connectivity index (χ3n) is 4.12. The zero-order valence-corrected chi connectivity index (χ0v) is 16.8. The van der Waals surface area contributed by atoms with Gasteiger partial charge in [0.15, 0.2) is 0 Å². The van der Waals surface area contributed by atoms with Gasteiger partial charge in [-0.3, -0.25) is 0 Å². The highest BCUT2D eigenvalue weighted by molar-refractivity contribution is 6.62. The Morgan fingerprint density at radius 3 is 2.17 bits per heavy atom. The van der Waals surface area contributed by atoms with Crippen LogP contribution < -0.4 is 5.73 Å². The maximum atomic E-state index is 5.77. The van der Waals surface area contributed by atoms with Crippen molar-refractivity contribution in [2.24, 2.45) is 5.73 Å². The summed E-state index contributed by atoms with van der Waals surface area (Å²) in [6.07, 6.45) is 3.58. The monoisotopic (exact) mass is 374 g/mol. The fourth-order valence-electron chi connectivity index (χ4n) is 2.82. The molecule has 24 heavy (non-hydrogen) atoms. The molecular formula is C17H31ClN2O3Si. The fourth-order valence-corrected chi connectivity index (χ4v) is 5.33. The van der Waals surface area contributed by atoms with Crippen LogP contribution in [0, 0.1) is 0 Å². The smallest absolute Gasteiger partial charge is 0.377 e. The molecule has 2 N–H and O–H groups in total. The van der Waals surface area contributed by atoms with Gasteiger partial charge in [-0.05, 0) is 31.1 Å². The van der Waals surface area contributed by atoms with Crippen molar-refractivity contribution in [3.05, 3.63) is 48.7 Å². The molecule has 7 heteroatoms. The van der Waals surface area contributed by atoms with Gasteiger partial charge in [0.2, 0.25) is 0 Å². The van der Waals surface area contributed by atoms with Crippen molar-refractivity contribution in [1.82, 2.24) is 4.90 Å². The first-order valence-electron chi connectivity index (χ1n) is 7.91. The van der Waals surface area contributed by atoms with Crippen molar-refractivity contribution in [2.75, 3.05) is 34.4 Å². The molecule has 0 aliphatic rings. The molecule has 1 aromatic carbocycles. The Hall–Kier alpha value is -0.893. The number of hydrogen-bond donors (Lipinski definition) is 1. The molecule has 0 aliphatic carbocycles. The van der Waals surface area contributed by atoms with Crippen molar-refractivity contribution in [3.8, 4) is 0 Å². The highest BCUT2D eigenvalue weighted by Crippen LogP contribution is 2.31. The van der Waals surface area contributed by atoms with E-state index in [-0.39, 0.29) is 17.9 Å². The van der Waals surface area contributed by atoms with Crippen LogP contribution in [0.5, 0.6) is 0 Å². The lowest BCUT2D eigenvalue weighted by Crippen LogP contribution is -2.49. The summed E-state index contributed by atoms with van der Waals surface area (Å²) in [7, 11) is 2.27. The second kappa shape index (κ2) is 12.5. The lowest BCUT2D eigenvalue weighted by Gasteiger charge is -2.33. The van der Waals surface area contributed by atoms with Crippen LogP contribution in [0.15, 0.2) is 43.1 Å². The maximum Gasteiger partial charge on any atom is 0.503 e. The maximum absolute atomic E-state index is 5.77. The Kier molecular flexibility index (Phi) is 12.0. The van der Waals surface area contributed by atoms with Crippen LogP contribution in [0.25, 0.3) is 0 Å². The summed E-state index contributed by atoms with van der Waals surface area (Å²) in [6.45, 7) is 6.20. The lowest BCUT2D eigenvalue weighted by molar-refractivity contribution is 0.107. The number of nitrogens with zero attached hydrogens (tertiary/aromatic N) is 1. The highest BCUT2D eigenvalue weighted by Gasteiger charge is 2.46. The molecule has 0 amide bonds. The van der Waals surface area contributed by atoms with Crippen LogP contribution in [0.4, 0.5) is 0 Å². The first-order valence-corrected chi connectivity index (χ1v) is 9.72. The topological polar surface area (TPSA) is 57.0 Å². The number of nitrogens with two attached hydrogens (primary N) is 1. The molecule has 5 nitrogen and oxygen atoms in total. The van der Waals surface area contributed by atoms with Gasteiger partial charge >= 0.3 is 8.80 Å². The molecule has 0 saturated carbocycles. The van der Waals surface area contributed by atoms with Crippen molar-refractivity contribution in [3.63, 3.8) is 0 Å². The van der Waals surface area contributed by atoms with Crippen LogP contribution in [-0.2, 0) is 19.8 Å². The largest absolute Gasteiger partial charge is 0.503 e. The van der Waals surface area contributed by atoms with E-state index in [0.29, 0.717) is 6.54 Å². The van der Waals surface area contributed by atoms with Crippen molar-refractivity contribution in [2.45, 2.75) is 24.9 Å². The van der Waals surface area contributed by atoms with Gasteiger partial charge in [-0.25, -0.2) is 0 Å². The van der Waals surface area contributed by atoms with Gasteiger partial charge in [0.25, 0.3) is 0 Å². The number of halogens is 1. The summed E-state index contributed by atoms with van der Waals surface area (Å²) in [5.41, 5.74) is 7.21. The first kappa shape index (κ1) is 23.1. The van der Waals surface area contributed by atoms with Crippen LogP contribution in [0.3, 0.4) is 0 Å². The standard InChI is InChI=1S/C17H30N2O3Si.ClH/c1-5-19(15-16-9-7-6-8-10-16)14-12-17(11-13-18)23(20-2,21-3)22-4;/h5-10,17H,1,11-15,18H2,2-4H3;1H. The van der Waals surface area contributed by atoms with Crippen molar-refractivity contribution < 1.29 is 13.3 Å². The quantitative estimate of drug-likeness (QED) is 0.570. The summed E-state index contributed by atoms with van der Waals surface area (Å²) in [6, 6.07) is 10.4. The van der Waals surface area contributed by atoms with Gasteiger partial charge in [-0.15, -0.1) is 12.4 Å². The van der Waals surface area contributed by atoms with Crippen LogP contribution in [0.1, 0.15) is 18.4 Å². The lowest BCUT2D eigenvalue weighted by atomic mass is 10.2. The zero-order chi connectivity index (χ0) is 17.1. The van der Waals surface area contributed by atoms with Crippen LogP contribution in [0.2, 0.25) is 5.54 Å². The molecule has 0 saturated heterocycles. The average molecular weight is 375 g/mol. The minimum absolute atomic E-state index is 0. The Bertz CT molecular complexity index is 438. The Balaban J connectivity index is 0.00000529. The summed E-state index contributed by atoms with van der Waals surface area (Å²) in [5.74, 6) is 0. The SMILES string of the molecule is C=CN(CCC(CCN)[Si](OC)(OC)OC)Cc1ccccc1.Cl. The molecular weight excluding hydrogens is 344 g/mol. The second-order valence-electron chi connectivity index (χ2n) is 5.42. The molecule has 0 fully saturated rings. The van der Waals surface area contributed by atoms with E-state index in [9.17, 15) is 0 Å². The molecule has 0 bridgehead atoms. The summed E-state index contributed by atoms with van der Waals surface area (Å²) >= 11 is 0. The van der Waals surface area contributed by atoms with E-state index < -0.39 is 8.80 Å². The van der Waals surface area contributed by atoms with Gasteiger partial charge in [0.05, 0.1) is 0 Å². The predicted octanol–water partition coefficient (Wildman–Crippen LogP) is 3.04. The molecule has 0 aliphatic heterocycles. The molecule has 0 radical (unpaired) electrons. The Morgan fingerprint density at radius 2 is 1.71 bits per heavy atom. The summed E-state index contributed by atoms with van der Waals surface area (Å²) in [5, 5.41) is 0. The summed E-state index contributed by atoms with van der Waals surface area (Å²) < 4.78 is 16.9. The molecule has 0 heterocycles. The fraction of sp³-hybridized carbons (Fsp3) is 0.529. The van der Waals surface area contributed by atoms with E-state index in [0.717, 1.165) is 25.9 Å². The highest BCUT2D eigenvalue weighted by atomic mass is 35.5. The van der Waals surface area contributed by atoms with Crippen LogP contribution >= 0.6 is 12.4 Å². The molecule has 1 rings (SSSR count). The molecule has 1 atom stereocenters. The zero-order valence-electron chi connectivity index (χ0n) is 14.9. The Labute approximate surface area is 153 Å². The van der Waals surface area contributed by atoms with Crippen molar-refractivity contribution in [1.29, 1.82) is 0 Å². The van der Waals surface area contributed by atoms with E-state index >= 15 is 0 Å². The van der Waals surface area contributed by atoms with Gasteiger partial charge in [0.1, 0.15) is 0 Å². The van der Waals surface area contributed by atoms with E-state index in [1.165, 1.54) is 5.56 Å². The minimum Gasteiger partial charge on any atom is -0.377 e. The average Bonchev–Trinajstić information content (AvgIpc) is 2.61.